The number of nitrogens with one attached hydrogen (secondary N) is 2. The van der Waals surface area contributed by atoms with Gasteiger partial charge >= 0.3 is 0 Å². The summed E-state index contributed by atoms with van der Waals surface area (Å²) in [6, 6.07) is 8.88. The number of aromatic nitrogens is 1. The van der Waals surface area contributed by atoms with Gasteiger partial charge in [0.05, 0.1) is 5.69 Å². The van der Waals surface area contributed by atoms with Crippen LogP contribution in [-0.4, -0.2) is 24.1 Å². The molecule has 2 N–H and O–H groups in total. The Morgan fingerprint density at radius 3 is 3.21 bits per heavy atom. The van der Waals surface area contributed by atoms with E-state index in [2.05, 4.69) is 44.1 Å². The number of rotatable bonds is 4. The number of thiazole rings is 1. The Bertz CT molecular complexity index is 549. The fourth-order valence-electron chi connectivity index (χ4n) is 2.22. The number of hydrogen-bond donors (Lipinski definition) is 2. The summed E-state index contributed by atoms with van der Waals surface area (Å²) in [5.74, 6) is 0. The van der Waals surface area contributed by atoms with Crippen LogP contribution in [0.15, 0.2) is 34.1 Å². The predicted octanol–water partition coefficient (Wildman–Crippen LogP) is 3.02. The summed E-state index contributed by atoms with van der Waals surface area (Å²) < 4.78 is 1.09. The molecule has 1 aromatic heterocycles. The molecule has 5 heteroatoms. The van der Waals surface area contributed by atoms with Crippen molar-refractivity contribution in [2.24, 2.45) is 0 Å². The molecule has 1 aliphatic rings. The van der Waals surface area contributed by atoms with Gasteiger partial charge in [-0.25, -0.2) is 4.98 Å². The first-order valence-corrected chi connectivity index (χ1v) is 8.13. The molecule has 100 valence electrons. The molecule has 19 heavy (non-hydrogen) atoms. The van der Waals surface area contributed by atoms with E-state index in [-0.39, 0.29) is 0 Å². The Labute approximate surface area is 125 Å². The van der Waals surface area contributed by atoms with Gasteiger partial charge in [0.25, 0.3) is 0 Å². The van der Waals surface area contributed by atoms with E-state index in [1.54, 1.807) is 11.3 Å². The molecule has 0 radical (unpaired) electrons. The third-order valence-corrected chi connectivity index (χ3v) is 4.69. The molecule has 1 aliphatic heterocycles. The van der Waals surface area contributed by atoms with Crippen LogP contribution in [0.5, 0.6) is 0 Å². The van der Waals surface area contributed by atoms with Crippen molar-refractivity contribution in [3.05, 3.63) is 39.8 Å². The molecule has 0 saturated carbocycles. The van der Waals surface area contributed by atoms with Crippen molar-refractivity contribution in [2.45, 2.75) is 19.0 Å². The highest BCUT2D eigenvalue weighted by Gasteiger charge is 2.14. The first kappa shape index (κ1) is 13.2. The first-order valence-electron chi connectivity index (χ1n) is 6.46. The summed E-state index contributed by atoms with van der Waals surface area (Å²) in [4.78, 5) is 4.70. The quantitative estimate of drug-likeness (QED) is 0.900. The van der Waals surface area contributed by atoms with Crippen LogP contribution in [0.3, 0.4) is 0 Å². The summed E-state index contributed by atoms with van der Waals surface area (Å²) >= 11 is 5.21. The van der Waals surface area contributed by atoms with Gasteiger partial charge in [0, 0.05) is 34.5 Å². The van der Waals surface area contributed by atoms with Gasteiger partial charge in [0.2, 0.25) is 0 Å². The van der Waals surface area contributed by atoms with E-state index in [4.69, 9.17) is 4.98 Å². The van der Waals surface area contributed by atoms with Gasteiger partial charge in [-0.15, -0.1) is 11.3 Å². The molecule has 1 saturated heterocycles. The summed E-state index contributed by atoms with van der Waals surface area (Å²) in [6.07, 6.45) is 1.21. The fourth-order valence-corrected chi connectivity index (χ4v) is 3.44. The number of halogens is 1. The zero-order chi connectivity index (χ0) is 13.1. The monoisotopic (exact) mass is 337 g/mol. The van der Waals surface area contributed by atoms with Crippen molar-refractivity contribution in [3.63, 3.8) is 0 Å². The maximum Gasteiger partial charge on any atom is 0.123 e. The van der Waals surface area contributed by atoms with E-state index in [1.807, 2.05) is 12.1 Å². The summed E-state index contributed by atoms with van der Waals surface area (Å²) in [5, 5.41) is 10.1. The fraction of sp³-hybridized carbons (Fsp3) is 0.357. The van der Waals surface area contributed by atoms with Gasteiger partial charge in [0.15, 0.2) is 0 Å². The number of nitrogens with zero attached hydrogens (tertiary/aromatic N) is 1. The maximum absolute atomic E-state index is 4.70. The minimum absolute atomic E-state index is 0.594. The molecular formula is C14H16BrN3S. The van der Waals surface area contributed by atoms with Crippen LogP contribution in [0, 0.1) is 0 Å². The van der Waals surface area contributed by atoms with Crippen LogP contribution in [0.4, 0.5) is 0 Å². The molecule has 1 fully saturated rings. The van der Waals surface area contributed by atoms with E-state index in [1.165, 1.54) is 12.0 Å². The highest BCUT2D eigenvalue weighted by molar-refractivity contribution is 9.10. The molecule has 2 heterocycles. The van der Waals surface area contributed by atoms with Gasteiger partial charge in [-0.05, 0) is 25.1 Å². The van der Waals surface area contributed by atoms with Gasteiger partial charge in [-0.1, -0.05) is 28.1 Å². The minimum Gasteiger partial charge on any atom is -0.315 e. The SMILES string of the molecule is Brc1cccc(-c2nc(CNC3CCNC3)cs2)c1. The van der Waals surface area contributed by atoms with E-state index >= 15 is 0 Å². The van der Waals surface area contributed by atoms with Gasteiger partial charge in [-0.2, -0.15) is 0 Å². The van der Waals surface area contributed by atoms with Gasteiger partial charge in [0.1, 0.15) is 5.01 Å². The Morgan fingerprint density at radius 1 is 1.47 bits per heavy atom. The van der Waals surface area contributed by atoms with Crippen LogP contribution in [0.2, 0.25) is 0 Å². The standard InChI is InChI=1S/C14H16BrN3S/c15-11-3-1-2-10(6-11)14-18-13(9-19-14)8-17-12-4-5-16-7-12/h1-3,6,9,12,16-17H,4-5,7-8H2. The largest absolute Gasteiger partial charge is 0.315 e. The highest BCUT2D eigenvalue weighted by atomic mass is 79.9. The lowest BCUT2D eigenvalue weighted by Crippen LogP contribution is -2.30. The molecule has 0 aliphatic carbocycles. The molecule has 1 unspecified atom stereocenters. The van der Waals surface area contributed by atoms with E-state index < -0.39 is 0 Å². The third-order valence-electron chi connectivity index (χ3n) is 3.26. The lowest BCUT2D eigenvalue weighted by molar-refractivity contribution is 0.543. The lowest BCUT2D eigenvalue weighted by Gasteiger charge is -2.08. The van der Waals surface area contributed by atoms with Crippen LogP contribution in [-0.2, 0) is 6.54 Å². The van der Waals surface area contributed by atoms with E-state index in [9.17, 15) is 0 Å². The van der Waals surface area contributed by atoms with Crippen molar-refractivity contribution in [3.8, 4) is 10.6 Å². The lowest BCUT2D eigenvalue weighted by atomic mass is 10.2. The first-order chi connectivity index (χ1) is 9.31. The number of benzene rings is 1. The average molecular weight is 338 g/mol. The Hall–Kier alpha value is -0.750. The molecule has 3 nitrogen and oxygen atoms in total. The van der Waals surface area contributed by atoms with Crippen molar-refractivity contribution >= 4 is 27.3 Å². The smallest absolute Gasteiger partial charge is 0.123 e. The maximum atomic E-state index is 4.70. The topological polar surface area (TPSA) is 37.0 Å². The van der Waals surface area contributed by atoms with Gasteiger partial charge in [-0.3, -0.25) is 0 Å². The molecule has 1 atom stereocenters. The van der Waals surface area contributed by atoms with E-state index in [0.29, 0.717) is 6.04 Å². The summed E-state index contributed by atoms with van der Waals surface area (Å²) in [6.45, 7) is 3.05. The van der Waals surface area contributed by atoms with Crippen LogP contribution in [0.25, 0.3) is 10.6 Å². The van der Waals surface area contributed by atoms with Crippen molar-refractivity contribution in [2.75, 3.05) is 13.1 Å². The molecule has 1 aromatic carbocycles. The van der Waals surface area contributed by atoms with Crippen LogP contribution >= 0.6 is 27.3 Å². The summed E-state index contributed by atoms with van der Waals surface area (Å²) in [7, 11) is 0. The Kier molecular flexibility index (Phi) is 4.28. The second-order valence-electron chi connectivity index (χ2n) is 4.72. The predicted molar refractivity (Wildman–Crippen MR) is 83.4 cm³/mol. The minimum atomic E-state index is 0.594. The van der Waals surface area contributed by atoms with E-state index in [0.717, 1.165) is 34.8 Å². The normalized spacial score (nSPS) is 18.9. The van der Waals surface area contributed by atoms with Crippen LogP contribution in [0.1, 0.15) is 12.1 Å². The Morgan fingerprint density at radius 2 is 2.42 bits per heavy atom. The van der Waals surface area contributed by atoms with Crippen molar-refractivity contribution in [1.82, 2.24) is 15.6 Å². The molecule has 0 spiro atoms. The van der Waals surface area contributed by atoms with Crippen LogP contribution < -0.4 is 10.6 Å². The molecule has 3 rings (SSSR count). The average Bonchev–Trinajstić information content (AvgIpc) is 3.08. The number of hydrogen-bond acceptors (Lipinski definition) is 4. The highest BCUT2D eigenvalue weighted by Crippen LogP contribution is 2.26. The van der Waals surface area contributed by atoms with Crippen molar-refractivity contribution in [1.29, 1.82) is 0 Å². The third kappa shape index (κ3) is 3.42. The van der Waals surface area contributed by atoms with Crippen molar-refractivity contribution < 1.29 is 0 Å². The zero-order valence-electron chi connectivity index (χ0n) is 10.5. The second-order valence-corrected chi connectivity index (χ2v) is 6.50. The Balaban J connectivity index is 1.65. The molecular weight excluding hydrogens is 322 g/mol. The second kappa shape index (κ2) is 6.13. The van der Waals surface area contributed by atoms with Gasteiger partial charge < -0.3 is 10.6 Å². The molecule has 0 amide bonds. The molecule has 0 bridgehead atoms. The summed E-state index contributed by atoms with van der Waals surface area (Å²) in [5.41, 5.74) is 2.31. The molecule has 2 aromatic rings. The zero-order valence-corrected chi connectivity index (χ0v) is 12.9.